The Bertz CT molecular complexity index is 506. The van der Waals surface area contributed by atoms with Crippen LogP contribution in [0.1, 0.15) is 44.1 Å². The van der Waals surface area contributed by atoms with Gasteiger partial charge in [0.25, 0.3) is 0 Å². The number of hydrogen-bond donors (Lipinski definition) is 0. The molecule has 0 aliphatic carbocycles. The quantitative estimate of drug-likeness (QED) is 0.472. The fraction of sp³-hybridized carbons (Fsp3) is 0.556. The van der Waals surface area contributed by atoms with Crippen molar-refractivity contribution in [2.75, 3.05) is 11.9 Å². The highest BCUT2D eigenvalue weighted by atomic mass is 79.9. The summed E-state index contributed by atoms with van der Waals surface area (Å²) in [5, 5.41) is 1.03. The van der Waals surface area contributed by atoms with Gasteiger partial charge in [-0.15, -0.1) is 0 Å². The smallest absolute Gasteiger partial charge is 0.416 e. The third-order valence-corrected chi connectivity index (χ3v) is 4.63. The molecule has 1 atom stereocenters. The van der Waals surface area contributed by atoms with Crippen LogP contribution in [0.25, 0.3) is 0 Å². The van der Waals surface area contributed by atoms with E-state index in [-0.39, 0.29) is 11.9 Å². The summed E-state index contributed by atoms with van der Waals surface area (Å²) in [6.07, 6.45) is 5.95. The van der Waals surface area contributed by atoms with E-state index < -0.39 is 6.09 Å². The fourth-order valence-electron chi connectivity index (χ4n) is 2.82. The predicted molar refractivity (Wildman–Crippen MR) is 93.6 cm³/mol. The highest BCUT2D eigenvalue weighted by molar-refractivity contribution is 9.09. The van der Waals surface area contributed by atoms with Gasteiger partial charge in [0.15, 0.2) is 0 Å². The van der Waals surface area contributed by atoms with Crippen molar-refractivity contribution in [3.63, 3.8) is 0 Å². The van der Waals surface area contributed by atoms with Crippen LogP contribution in [-0.4, -0.2) is 34.9 Å². The van der Waals surface area contributed by atoms with Gasteiger partial charge in [-0.05, 0) is 24.8 Å². The molecule has 2 rings (SSSR count). The Hall–Kier alpha value is -1.36. The molecule has 1 unspecified atom stereocenters. The van der Waals surface area contributed by atoms with Crippen molar-refractivity contribution in [2.45, 2.75) is 51.0 Å². The van der Waals surface area contributed by atoms with Crippen LogP contribution in [0.15, 0.2) is 30.3 Å². The Morgan fingerprint density at radius 1 is 1.13 bits per heavy atom. The first kappa shape index (κ1) is 18.0. The van der Waals surface area contributed by atoms with E-state index in [2.05, 4.69) is 15.9 Å². The van der Waals surface area contributed by atoms with Crippen LogP contribution in [0.5, 0.6) is 0 Å². The molecule has 0 spiro atoms. The van der Waals surface area contributed by atoms with Crippen LogP contribution in [0.3, 0.4) is 0 Å². The molecule has 4 nitrogen and oxygen atoms in total. The second-order valence-corrected chi connectivity index (χ2v) is 6.68. The molecular weight excluding hydrogens is 358 g/mol. The molecular formula is C18H24BrNO3. The van der Waals surface area contributed by atoms with Gasteiger partial charge < -0.3 is 4.74 Å². The number of unbranched alkanes of at least 4 members (excludes halogenated alkanes) is 4. The lowest BCUT2D eigenvalue weighted by Crippen LogP contribution is -2.40. The van der Waals surface area contributed by atoms with Crippen LogP contribution >= 0.6 is 15.9 Å². The van der Waals surface area contributed by atoms with E-state index in [1.54, 1.807) is 0 Å². The van der Waals surface area contributed by atoms with Gasteiger partial charge in [-0.3, -0.25) is 4.79 Å². The molecule has 0 N–H and O–H groups in total. The number of carbonyl (C=O) groups excluding carboxylic acids is 2. The van der Waals surface area contributed by atoms with Crippen molar-refractivity contribution < 1.29 is 14.3 Å². The van der Waals surface area contributed by atoms with E-state index in [1.807, 2.05) is 30.3 Å². The number of carbonyl (C=O) groups is 2. The van der Waals surface area contributed by atoms with Crippen molar-refractivity contribution in [1.29, 1.82) is 0 Å². The van der Waals surface area contributed by atoms with Crippen LogP contribution in [0.2, 0.25) is 0 Å². The molecule has 1 saturated heterocycles. The minimum absolute atomic E-state index is 0.103. The van der Waals surface area contributed by atoms with E-state index in [1.165, 1.54) is 17.7 Å². The fourth-order valence-corrected chi connectivity index (χ4v) is 3.22. The number of nitrogens with zero attached hydrogens (tertiary/aromatic N) is 1. The third-order valence-electron chi connectivity index (χ3n) is 4.07. The SMILES string of the molecule is O=C(CCCCCCCBr)N1C(=O)OCC1Cc1ccccc1. The summed E-state index contributed by atoms with van der Waals surface area (Å²) >= 11 is 3.41. The molecule has 1 fully saturated rings. The molecule has 23 heavy (non-hydrogen) atoms. The van der Waals surface area contributed by atoms with E-state index in [0.717, 1.165) is 30.2 Å². The monoisotopic (exact) mass is 381 g/mol. The lowest BCUT2D eigenvalue weighted by Gasteiger charge is -2.19. The van der Waals surface area contributed by atoms with Gasteiger partial charge in [0, 0.05) is 11.8 Å². The second-order valence-electron chi connectivity index (χ2n) is 5.89. The minimum atomic E-state index is -0.491. The van der Waals surface area contributed by atoms with Gasteiger partial charge in [0.2, 0.25) is 5.91 Å². The molecule has 1 heterocycles. The number of hydrogen-bond acceptors (Lipinski definition) is 3. The van der Waals surface area contributed by atoms with Gasteiger partial charge in [-0.2, -0.15) is 0 Å². The maximum Gasteiger partial charge on any atom is 0.416 e. The normalized spacial score (nSPS) is 17.3. The van der Waals surface area contributed by atoms with E-state index >= 15 is 0 Å². The van der Waals surface area contributed by atoms with Gasteiger partial charge in [-0.25, -0.2) is 9.69 Å². The van der Waals surface area contributed by atoms with Gasteiger partial charge in [0.1, 0.15) is 6.61 Å². The van der Waals surface area contributed by atoms with Crippen molar-refractivity contribution in [1.82, 2.24) is 4.90 Å². The van der Waals surface area contributed by atoms with E-state index in [4.69, 9.17) is 4.74 Å². The highest BCUT2D eigenvalue weighted by Crippen LogP contribution is 2.19. The number of alkyl halides is 1. The Morgan fingerprint density at radius 2 is 1.83 bits per heavy atom. The van der Waals surface area contributed by atoms with Crippen molar-refractivity contribution in [2.24, 2.45) is 0 Å². The lowest BCUT2D eigenvalue weighted by molar-refractivity contribution is -0.129. The van der Waals surface area contributed by atoms with Crippen LogP contribution < -0.4 is 0 Å². The van der Waals surface area contributed by atoms with Crippen molar-refractivity contribution in [3.8, 4) is 0 Å². The first-order chi connectivity index (χ1) is 11.2. The second kappa shape index (κ2) is 9.71. The van der Waals surface area contributed by atoms with Gasteiger partial charge >= 0.3 is 6.09 Å². The van der Waals surface area contributed by atoms with Crippen LogP contribution in [-0.2, 0) is 16.0 Å². The molecule has 0 saturated carbocycles. The van der Waals surface area contributed by atoms with Gasteiger partial charge in [-0.1, -0.05) is 65.5 Å². The molecule has 0 bridgehead atoms. The number of benzene rings is 1. The van der Waals surface area contributed by atoms with E-state index in [9.17, 15) is 9.59 Å². The van der Waals surface area contributed by atoms with Crippen LogP contribution in [0.4, 0.5) is 4.79 Å². The summed E-state index contributed by atoms with van der Waals surface area (Å²) < 4.78 is 5.09. The third kappa shape index (κ3) is 5.65. The molecule has 126 valence electrons. The first-order valence-corrected chi connectivity index (χ1v) is 9.43. The Kier molecular flexibility index (Phi) is 7.59. The Morgan fingerprint density at radius 3 is 2.57 bits per heavy atom. The minimum Gasteiger partial charge on any atom is -0.447 e. The topological polar surface area (TPSA) is 46.6 Å². The maximum absolute atomic E-state index is 12.4. The lowest BCUT2D eigenvalue weighted by atomic mass is 10.1. The molecule has 2 amide bonds. The average Bonchev–Trinajstić information content (AvgIpc) is 2.92. The molecule has 1 aromatic rings. The summed E-state index contributed by atoms with van der Waals surface area (Å²) in [5.41, 5.74) is 1.11. The number of halogens is 1. The van der Waals surface area contributed by atoms with Crippen molar-refractivity contribution in [3.05, 3.63) is 35.9 Å². The van der Waals surface area contributed by atoms with Gasteiger partial charge in [0.05, 0.1) is 6.04 Å². The summed E-state index contributed by atoms with van der Waals surface area (Å²) in [7, 11) is 0. The number of ether oxygens (including phenoxy) is 1. The highest BCUT2D eigenvalue weighted by Gasteiger charge is 2.37. The Labute approximate surface area is 146 Å². The summed E-state index contributed by atoms with van der Waals surface area (Å²) in [4.78, 5) is 25.6. The number of rotatable bonds is 9. The zero-order chi connectivity index (χ0) is 16.5. The first-order valence-electron chi connectivity index (χ1n) is 8.31. The Balaban J connectivity index is 1.80. The molecule has 1 aliphatic heterocycles. The summed E-state index contributed by atoms with van der Waals surface area (Å²) in [5.74, 6) is -0.103. The summed E-state index contributed by atoms with van der Waals surface area (Å²) in [6, 6.07) is 9.73. The molecule has 1 aliphatic rings. The van der Waals surface area contributed by atoms with Crippen molar-refractivity contribution >= 4 is 27.9 Å². The largest absolute Gasteiger partial charge is 0.447 e. The average molecular weight is 382 g/mol. The standard InChI is InChI=1S/C18H24BrNO3/c19-12-8-3-1-2-7-11-17(21)20-16(14-23-18(20)22)13-15-9-5-4-6-10-15/h4-6,9-10,16H,1-3,7-8,11-14H2. The zero-order valence-electron chi connectivity index (χ0n) is 13.4. The van der Waals surface area contributed by atoms with Crippen LogP contribution in [0, 0.1) is 0 Å². The maximum atomic E-state index is 12.4. The molecule has 0 aromatic heterocycles. The zero-order valence-corrected chi connectivity index (χ0v) is 15.0. The number of cyclic esters (lactones) is 1. The van der Waals surface area contributed by atoms with E-state index in [0.29, 0.717) is 19.4 Å². The molecule has 5 heteroatoms. The molecule has 1 aromatic carbocycles. The molecule has 0 radical (unpaired) electrons. The number of imide groups is 1. The number of amides is 2. The predicted octanol–water partition coefficient (Wildman–Crippen LogP) is 4.31. The summed E-state index contributed by atoms with van der Waals surface area (Å²) in [6.45, 7) is 0.296.